The SMILES string of the molecule is Cc1cccc(OCCCC(C)(C)C(=N)N)c1[N+](=O)[O-]. The van der Waals surface area contributed by atoms with Crippen molar-refractivity contribution in [3.63, 3.8) is 0 Å². The van der Waals surface area contributed by atoms with Crippen molar-refractivity contribution < 1.29 is 9.66 Å². The molecular formula is C14H21N3O3. The summed E-state index contributed by atoms with van der Waals surface area (Å²) in [6.45, 7) is 5.83. The van der Waals surface area contributed by atoms with Gasteiger partial charge in [-0.3, -0.25) is 15.5 Å². The topological polar surface area (TPSA) is 102 Å². The summed E-state index contributed by atoms with van der Waals surface area (Å²) in [4.78, 5) is 10.6. The molecule has 0 radical (unpaired) electrons. The van der Waals surface area contributed by atoms with E-state index in [0.717, 1.165) is 0 Å². The molecule has 0 fully saturated rings. The van der Waals surface area contributed by atoms with Gasteiger partial charge in [-0.05, 0) is 25.8 Å². The number of hydrogen-bond donors (Lipinski definition) is 2. The van der Waals surface area contributed by atoms with Crippen LogP contribution < -0.4 is 10.5 Å². The zero-order chi connectivity index (χ0) is 15.3. The summed E-state index contributed by atoms with van der Waals surface area (Å²) in [6, 6.07) is 5.02. The van der Waals surface area contributed by atoms with E-state index < -0.39 is 4.92 Å². The maximum absolute atomic E-state index is 11.0. The number of hydrogen-bond acceptors (Lipinski definition) is 4. The van der Waals surface area contributed by atoms with Gasteiger partial charge in [-0.15, -0.1) is 0 Å². The van der Waals surface area contributed by atoms with E-state index in [0.29, 0.717) is 25.0 Å². The lowest BCUT2D eigenvalue weighted by atomic mass is 9.87. The van der Waals surface area contributed by atoms with Gasteiger partial charge in [0.05, 0.1) is 17.4 Å². The van der Waals surface area contributed by atoms with E-state index in [-0.39, 0.29) is 22.7 Å². The van der Waals surface area contributed by atoms with Crippen LogP contribution in [0.1, 0.15) is 32.3 Å². The molecule has 3 N–H and O–H groups in total. The summed E-state index contributed by atoms with van der Waals surface area (Å²) < 4.78 is 5.50. The molecule has 0 heterocycles. The molecule has 0 aliphatic heterocycles. The molecule has 1 aromatic carbocycles. The van der Waals surface area contributed by atoms with Crippen LogP contribution in [-0.4, -0.2) is 17.4 Å². The molecular weight excluding hydrogens is 258 g/mol. The lowest BCUT2D eigenvalue weighted by molar-refractivity contribution is -0.386. The number of nitro benzene ring substituents is 1. The molecule has 0 aromatic heterocycles. The van der Waals surface area contributed by atoms with Crippen LogP contribution in [0.2, 0.25) is 0 Å². The number of nitrogens with one attached hydrogen (secondary N) is 1. The first-order valence-corrected chi connectivity index (χ1v) is 6.47. The minimum Gasteiger partial charge on any atom is -0.487 e. The Morgan fingerprint density at radius 3 is 2.70 bits per heavy atom. The predicted molar refractivity (Wildman–Crippen MR) is 78.3 cm³/mol. The molecule has 0 atom stereocenters. The highest BCUT2D eigenvalue weighted by atomic mass is 16.6. The molecule has 6 nitrogen and oxygen atoms in total. The normalized spacial score (nSPS) is 11.2. The van der Waals surface area contributed by atoms with E-state index in [4.69, 9.17) is 15.9 Å². The average molecular weight is 279 g/mol. The smallest absolute Gasteiger partial charge is 0.313 e. The molecule has 1 rings (SSSR count). The van der Waals surface area contributed by atoms with Gasteiger partial charge in [0.1, 0.15) is 0 Å². The summed E-state index contributed by atoms with van der Waals surface area (Å²) >= 11 is 0. The van der Waals surface area contributed by atoms with E-state index >= 15 is 0 Å². The molecule has 6 heteroatoms. The number of rotatable bonds is 7. The first-order chi connectivity index (χ1) is 9.25. The van der Waals surface area contributed by atoms with E-state index in [2.05, 4.69) is 0 Å². The van der Waals surface area contributed by atoms with Gasteiger partial charge in [0.2, 0.25) is 0 Å². The highest BCUT2D eigenvalue weighted by molar-refractivity contribution is 5.82. The largest absolute Gasteiger partial charge is 0.487 e. The Labute approximate surface area is 118 Å². The summed E-state index contributed by atoms with van der Waals surface area (Å²) in [5.74, 6) is 0.426. The molecule has 0 saturated carbocycles. The van der Waals surface area contributed by atoms with Gasteiger partial charge in [-0.2, -0.15) is 0 Å². The van der Waals surface area contributed by atoms with Crippen LogP contribution in [-0.2, 0) is 0 Å². The van der Waals surface area contributed by atoms with Crippen LogP contribution in [0.3, 0.4) is 0 Å². The summed E-state index contributed by atoms with van der Waals surface area (Å²) in [6.07, 6.45) is 1.37. The number of ether oxygens (including phenoxy) is 1. The van der Waals surface area contributed by atoms with E-state index in [9.17, 15) is 10.1 Å². The van der Waals surface area contributed by atoms with E-state index in [1.807, 2.05) is 13.8 Å². The summed E-state index contributed by atoms with van der Waals surface area (Å²) in [5.41, 5.74) is 5.72. The fourth-order valence-corrected chi connectivity index (χ4v) is 1.81. The fraction of sp³-hybridized carbons (Fsp3) is 0.500. The Bertz CT molecular complexity index is 512. The van der Waals surface area contributed by atoms with Gasteiger partial charge in [-0.25, -0.2) is 0 Å². The third-order valence-corrected chi connectivity index (χ3v) is 3.32. The van der Waals surface area contributed by atoms with Crippen molar-refractivity contribution in [1.29, 1.82) is 5.41 Å². The summed E-state index contributed by atoms with van der Waals surface area (Å²) in [7, 11) is 0. The molecule has 0 bridgehead atoms. The monoisotopic (exact) mass is 279 g/mol. The van der Waals surface area contributed by atoms with Crippen molar-refractivity contribution in [1.82, 2.24) is 0 Å². The standard InChI is InChI=1S/C14H21N3O3/c1-10-6-4-7-11(12(10)17(18)19)20-9-5-8-14(2,3)13(15)16/h4,6-7H,5,8-9H2,1-3H3,(H3,15,16). The van der Waals surface area contributed by atoms with E-state index in [1.54, 1.807) is 25.1 Å². The predicted octanol–water partition coefficient (Wildman–Crippen LogP) is 3.02. The van der Waals surface area contributed by atoms with Crippen molar-refractivity contribution in [2.45, 2.75) is 33.6 Å². The van der Waals surface area contributed by atoms with Gasteiger partial charge in [0.15, 0.2) is 5.75 Å². The van der Waals surface area contributed by atoms with Crippen molar-refractivity contribution in [3.05, 3.63) is 33.9 Å². The molecule has 0 spiro atoms. The maximum Gasteiger partial charge on any atom is 0.313 e. The lowest BCUT2D eigenvalue weighted by Crippen LogP contribution is -2.31. The number of benzene rings is 1. The molecule has 0 unspecified atom stereocenters. The third kappa shape index (κ3) is 3.94. The first kappa shape index (κ1) is 15.9. The van der Waals surface area contributed by atoms with Gasteiger partial charge in [-0.1, -0.05) is 26.0 Å². The Balaban J connectivity index is 2.62. The second-order valence-corrected chi connectivity index (χ2v) is 5.43. The van der Waals surface area contributed by atoms with Crippen LogP contribution in [0.15, 0.2) is 18.2 Å². The van der Waals surface area contributed by atoms with Crippen LogP contribution in [0.4, 0.5) is 5.69 Å². The zero-order valence-corrected chi connectivity index (χ0v) is 12.1. The molecule has 0 saturated heterocycles. The summed E-state index contributed by atoms with van der Waals surface area (Å²) in [5, 5.41) is 18.5. The van der Waals surface area contributed by atoms with Crippen molar-refractivity contribution >= 4 is 11.5 Å². The van der Waals surface area contributed by atoms with Crippen molar-refractivity contribution in [3.8, 4) is 5.75 Å². The number of amidine groups is 1. The Morgan fingerprint density at radius 2 is 2.15 bits per heavy atom. The second-order valence-electron chi connectivity index (χ2n) is 5.43. The van der Waals surface area contributed by atoms with Crippen LogP contribution in [0.5, 0.6) is 5.75 Å². The molecule has 1 aromatic rings. The van der Waals surface area contributed by atoms with Crippen molar-refractivity contribution in [2.75, 3.05) is 6.61 Å². The van der Waals surface area contributed by atoms with Crippen LogP contribution >= 0.6 is 0 Å². The maximum atomic E-state index is 11.0. The molecule has 0 amide bonds. The van der Waals surface area contributed by atoms with Crippen molar-refractivity contribution in [2.24, 2.45) is 11.1 Å². The minimum absolute atomic E-state index is 0.0123. The lowest BCUT2D eigenvalue weighted by Gasteiger charge is -2.22. The van der Waals surface area contributed by atoms with Gasteiger partial charge < -0.3 is 10.5 Å². The van der Waals surface area contributed by atoms with E-state index in [1.165, 1.54) is 0 Å². The van der Waals surface area contributed by atoms with Gasteiger partial charge in [0.25, 0.3) is 0 Å². The van der Waals surface area contributed by atoms with Gasteiger partial charge in [0, 0.05) is 11.0 Å². The highest BCUT2D eigenvalue weighted by Crippen LogP contribution is 2.30. The minimum atomic E-state index is -0.426. The zero-order valence-electron chi connectivity index (χ0n) is 12.1. The van der Waals surface area contributed by atoms with Crippen LogP contribution in [0, 0.1) is 27.9 Å². The molecule has 0 aliphatic rings. The van der Waals surface area contributed by atoms with Crippen LogP contribution in [0.25, 0.3) is 0 Å². The Morgan fingerprint density at radius 1 is 1.50 bits per heavy atom. The number of nitro groups is 1. The first-order valence-electron chi connectivity index (χ1n) is 6.47. The highest BCUT2D eigenvalue weighted by Gasteiger charge is 2.22. The number of nitrogens with two attached hydrogens (primary N) is 1. The average Bonchev–Trinajstić information content (AvgIpc) is 2.34. The molecule has 0 aliphatic carbocycles. The van der Waals surface area contributed by atoms with Gasteiger partial charge >= 0.3 is 5.69 Å². The number of para-hydroxylation sites is 1. The number of aryl methyl sites for hydroxylation is 1. The molecule has 20 heavy (non-hydrogen) atoms. The number of nitrogens with zero attached hydrogens (tertiary/aromatic N) is 1. The third-order valence-electron chi connectivity index (χ3n) is 3.32. The molecule has 110 valence electrons. The fourth-order valence-electron chi connectivity index (χ4n) is 1.81. The Hall–Kier alpha value is -2.11. The second kappa shape index (κ2) is 6.36. The Kier molecular flexibility index (Phi) is 5.07. The quantitative estimate of drug-likeness (QED) is 0.263.